The fourth-order valence-electron chi connectivity index (χ4n) is 1.76. The molecule has 0 amide bonds. The Balaban J connectivity index is 2.18. The van der Waals surface area contributed by atoms with Crippen molar-refractivity contribution in [1.29, 1.82) is 0 Å². The number of rotatable bonds is 1. The summed E-state index contributed by atoms with van der Waals surface area (Å²) < 4.78 is 1.04. The van der Waals surface area contributed by atoms with Gasteiger partial charge in [-0.1, -0.05) is 28.1 Å². The van der Waals surface area contributed by atoms with Gasteiger partial charge >= 0.3 is 0 Å². The van der Waals surface area contributed by atoms with Gasteiger partial charge in [0.05, 0.1) is 5.52 Å². The topological polar surface area (TPSA) is 41.6 Å². The van der Waals surface area contributed by atoms with Crippen molar-refractivity contribution in [3.05, 3.63) is 46.6 Å². The number of aromatic amines is 1. The zero-order valence-corrected chi connectivity index (χ0v) is 10.8. The Kier molecular flexibility index (Phi) is 2.44. The van der Waals surface area contributed by atoms with Gasteiger partial charge < -0.3 is 4.98 Å². The lowest BCUT2D eigenvalue weighted by atomic mass is 10.2. The van der Waals surface area contributed by atoms with Crippen molar-refractivity contribution in [2.45, 2.75) is 6.92 Å². The van der Waals surface area contributed by atoms with Crippen molar-refractivity contribution in [1.82, 2.24) is 15.0 Å². The summed E-state index contributed by atoms with van der Waals surface area (Å²) in [5.41, 5.74) is 3.75. The van der Waals surface area contributed by atoms with Crippen LogP contribution in [-0.4, -0.2) is 15.0 Å². The molecular formula is C13H10BrN3. The third-order valence-electron chi connectivity index (χ3n) is 2.58. The largest absolute Gasteiger partial charge is 0.337 e. The highest BCUT2D eigenvalue weighted by Gasteiger charge is 2.06. The number of imidazole rings is 1. The molecule has 0 fully saturated rings. The van der Waals surface area contributed by atoms with E-state index >= 15 is 0 Å². The van der Waals surface area contributed by atoms with Gasteiger partial charge in [-0.15, -0.1) is 0 Å². The number of nitrogens with zero attached hydrogens (tertiary/aromatic N) is 2. The molecule has 1 N–H and O–H groups in total. The Morgan fingerprint density at radius 1 is 1.12 bits per heavy atom. The number of hydrogen-bond donors (Lipinski definition) is 1. The predicted molar refractivity (Wildman–Crippen MR) is 71.8 cm³/mol. The minimum absolute atomic E-state index is 0.764. The maximum atomic E-state index is 4.50. The third-order valence-corrected chi connectivity index (χ3v) is 3.08. The van der Waals surface area contributed by atoms with Crippen molar-refractivity contribution in [3.8, 4) is 11.4 Å². The van der Waals surface area contributed by atoms with Gasteiger partial charge in [0.1, 0.15) is 5.82 Å². The first-order valence-electron chi connectivity index (χ1n) is 5.32. The lowest BCUT2D eigenvalue weighted by Crippen LogP contribution is -1.81. The molecule has 0 spiro atoms. The molecule has 0 aliphatic carbocycles. The first kappa shape index (κ1) is 10.5. The van der Waals surface area contributed by atoms with E-state index in [0.29, 0.717) is 0 Å². The van der Waals surface area contributed by atoms with Crippen LogP contribution in [0.1, 0.15) is 5.69 Å². The molecule has 0 aliphatic heterocycles. The Hall–Kier alpha value is -1.68. The summed E-state index contributed by atoms with van der Waals surface area (Å²) in [6, 6.07) is 12.0. The van der Waals surface area contributed by atoms with Crippen LogP contribution in [0.5, 0.6) is 0 Å². The van der Waals surface area contributed by atoms with Crippen molar-refractivity contribution in [2.75, 3.05) is 0 Å². The molecule has 0 saturated heterocycles. The molecule has 1 aromatic carbocycles. The Morgan fingerprint density at radius 3 is 2.82 bits per heavy atom. The van der Waals surface area contributed by atoms with Crippen LogP contribution in [0.4, 0.5) is 0 Å². The van der Waals surface area contributed by atoms with E-state index in [1.807, 2.05) is 43.3 Å². The van der Waals surface area contributed by atoms with Gasteiger partial charge in [-0.05, 0) is 31.2 Å². The molecule has 4 heteroatoms. The van der Waals surface area contributed by atoms with Crippen LogP contribution in [0.15, 0.2) is 40.9 Å². The summed E-state index contributed by atoms with van der Waals surface area (Å²) in [5.74, 6) is 0.847. The van der Waals surface area contributed by atoms with E-state index in [-0.39, 0.29) is 0 Å². The van der Waals surface area contributed by atoms with E-state index in [9.17, 15) is 0 Å². The molecule has 3 rings (SSSR count). The number of halogens is 1. The van der Waals surface area contributed by atoms with Crippen LogP contribution in [0, 0.1) is 6.92 Å². The number of H-pyrrole nitrogens is 1. The second-order valence-electron chi connectivity index (χ2n) is 3.92. The highest BCUT2D eigenvalue weighted by atomic mass is 79.9. The molecule has 0 bridgehead atoms. The van der Waals surface area contributed by atoms with E-state index in [1.165, 1.54) is 0 Å². The maximum Gasteiger partial charge on any atom is 0.178 e. The second-order valence-corrected chi connectivity index (χ2v) is 4.84. The first-order chi connectivity index (χ1) is 8.22. The zero-order valence-electron chi connectivity index (χ0n) is 9.24. The quantitative estimate of drug-likeness (QED) is 0.742. The Labute approximate surface area is 107 Å². The van der Waals surface area contributed by atoms with E-state index < -0.39 is 0 Å². The summed E-state index contributed by atoms with van der Waals surface area (Å²) >= 11 is 3.46. The minimum Gasteiger partial charge on any atom is -0.337 e. The van der Waals surface area contributed by atoms with Crippen molar-refractivity contribution in [2.24, 2.45) is 0 Å². The third kappa shape index (κ3) is 1.96. The lowest BCUT2D eigenvalue weighted by Gasteiger charge is -1.96. The molecule has 0 unspecified atom stereocenters. The van der Waals surface area contributed by atoms with Gasteiger partial charge in [-0.3, -0.25) is 0 Å². The van der Waals surface area contributed by atoms with Crippen molar-refractivity contribution in [3.63, 3.8) is 0 Å². The fourth-order valence-corrected chi connectivity index (χ4v) is 2.16. The molecule has 17 heavy (non-hydrogen) atoms. The maximum absolute atomic E-state index is 4.50. The standard InChI is InChI=1S/C13H10BrN3/c1-8-5-6-11-13(15-8)17-12(16-11)9-3-2-4-10(14)7-9/h2-7H,1H3,(H,15,16,17). The normalized spacial score (nSPS) is 10.9. The predicted octanol–water partition coefficient (Wildman–Crippen LogP) is 3.70. The molecule has 0 radical (unpaired) electrons. The lowest BCUT2D eigenvalue weighted by molar-refractivity contribution is 1.22. The molecule has 0 aliphatic rings. The summed E-state index contributed by atoms with van der Waals surface area (Å²) in [6.07, 6.45) is 0. The minimum atomic E-state index is 0.764. The van der Waals surface area contributed by atoms with E-state index in [1.54, 1.807) is 0 Å². The van der Waals surface area contributed by atoms with Gasteiger partial charge in [0.2, 0.25) is 0 Å². The van der Waals surface area contributed by atoms with Gasteiger partial charge in [0.25, 0.3) is 0 Å². The summed E-state index contributed by atoms with van der Waals surface area (Å²) in [7, 11) is 0. The monoisotopic (exact) mass is 287 g/mol. The SMILES string of the molecule is Cc1ccc2[nH]c(-c3cccc(Br)c3)nc2n1. The highest BCUT2D eigenvalue weighted by Crippen LogP contribution is 2.22. The number of pyridine rings is 1. The molecule has 0 saturated carbocycles. The number of benzene rings is 1. The fraction of sp³-hybridized carbons (Fsp3) is 0.0769. The van der Waals surface area contributed by atoms with Crippen LogP contribution >= 0.6 is 15.9 Å². The number of aryl methyl sites for hydroxylation is 1. The van der Waals surface area contributed by atoms with Gasteiger partial charge in [0.15, 0.2) is 5.65 Å². The van der Waals surface area contributed by atoms with Crippen molar-refractivity contribution < 1.29 is 0 Å². The van der Waals surface area contributed by atoms with Crippen LogP contribution in [-0.2, 0) is 0 Å². The zero-order chi connectivity index (χ0) is 11.8. The van der Waals surface area contributed by atoms with E-state index in [0.717, 1.165) is 32.7 Å². The van der Waals surface area contributed by atoms with E-state index in [2.05, 4.69) is 30.9 Å². The van der Waals surface area contributed by atoms with E-state index in [4.69, 9.17) is 0 Å². The highest BCUT2D eigenvalue weighted by molar-refractivity contribution is 9.10. The number of hydrogen-bond acceptors (Lipinski definition) is 2. The Morgan fingerprint density at radius 2 is 2.00 bits per heavy atom. The van der Waals surface area contributed by atoms with Gasteiger partial charge in [0, 0.05) is 15.7 Å². The summed E-state index contributed by atoms with van der Waals surface area (Å²) in [5, 5.41) is 0. The van der Waals surface area contributed by atoms with Gasteiger partial charge in [-0.25, -0.2) is 9.97 Å². The molecular weight excluding hydrogens is 278 g/mol. The average molecular weight is 288 g/mol. The molecule has 3 nitrogen and oxygen atoms in total. The summed E-state index contributed by atoms with van der Waals surface area (Å²) in [4.78, 5) is 12.2. The molecule has 2 aromatic heterocycles. The molecule has 3 aromatic rings. The van der Waals surface area contributed by atoms with Crippen LogP contribution in [0.25, 0.3) is 22.6 Å². The number of aromatic nitrogens is 3. The van der Waals surface area contributed by atoms with Crippen LogP contribution in [0.3, 0.4) is 0 Å². The number of fused-ring (bicyclic) bond motifs is 1. The first-order valence-corrected chi connectivity index (χ1v) is 6.11. The Bertz CT molecular complexity index is 688. The van der Waals surface area contributed by atoms with Crippen LogP contribution < -0.4 is 0 Å². The van der Waals surface area contributed by atoms with Gasteiger partial charge in [-0.2, -0.15) is 0 Å². The van der Waals surface area contributed by atoms with Crippen LogP contribution in [0.2, 0.25) is 0 Å². The smallest absolute Gasteiger partial charge is 0.178 e. The summed E-state index contributed by atoms with van der Waals surface area (Å²) in [6.45, 7) is 1.97. The average Bonchev–Trinajstić information content (AvgIpc) is 2.72. The van der Waals surface area contributed by atoms with Crippen molar-refractivity contribution >= 4 is 27.1 Å². The molecule has 2 heterocycles. The number of nitrogens with one attached hydrogen (secondary N) is 1. The second kappa shape index (κ2) is 3.96. The molecule has 84 valence electrons. The molecule has 0 atom stereocenters.